The molecule has 0 N–H and O–H groups in total. The van der Waals surface area contributed by atoms with Crippen LogP contribution < -0.4 is 0 Å². The second-order valence-electron chi connectivity index (χ2n) is 8.88. The van der Waals surface area contributed by atoms with Gasteiger partial charge in [-0.15, -0.1) is 0 Å². The largest absolute Gasteiger partial charge is 0.329 e. The minimum absolute atomic E-state index is 0.00451. The summed E-state index contributed by atoms with van der Waals surface area (Å²) in [6.07, 6.45) is 7.20. The molecule has 3 aliphatic rings. The van der Waals surface area contributed by atoms with Crippen molar-refractivity contribution in [2.45, 2.75) is 63.7 Å². The van der Waals surface area contributed by atoms with E-state index in [1.54, 1.807) is 5.57 Å². The quantitative estimate of drug-likeness (QED) is 0.738. The summed E-state index contributed by atoms with van der Waals surface area (Å²) in [7, 11) is -1.63. The number of carbonyl (C=O) groups excluding carboxylic acids is 1. The molecular weight excluding hydrogens is 310 g/mol. The molecule has 1 saturated carbocycles. The summed E-state index contributed by atoms with van der Waals surface area (Å²) in [6.45, 7) is 8.02. The first-order valence-corrected chi connectivity index (χ1v) is 13.0. The van der Waals surface area contributed by atoms with Crippen molar-refractivity contribution in [2.24, 2.45) is 5.92 Å². The monoisotopic (exact) mass is 339 g/mol. The third-order valence-electron chi connectivity index (χ3n) is 6.42. The molecule has 0 spiro atoms. The lowest BCUT2D eigenvalue weighted by molar-refractivity contribution is -0.133. The zero-order valence-electron chi connectivity index (χ0n) is 15.3. The predicted molar refractivity (Wildman–Crippen MR) is 102 cm³/mol. The lowest BCUT2D eigenvalue weighted by Gasteiger charge is -2.53. The van der Waals surface area contributed by atoms with Crippen molar-refractivity contribution in [3.8, 4) is 0 Å². The molecular formula is C21H29NOSi. The Morgan fingerprint density at radius 1 is 1.12 bits per heavy atom. The SMILES string of the molecule is C[Si](C)(C)C1=C2CCCC3CCCN(C1=O)C23Cc1ccccc1. The molecule has 0 radical (unpaired) electrons. The molecule has 128 valence electrons. The van der Waals surface area contributed by atoms with Gasteiger partial charge in [-0.1, -0.05) is 50.0 Å². The molecule has 1 amide bonds. The molecule has 2 aliphatic heterocycles. The molecule has 2 heterocycles. The van der Waals surface area contributed by atoms with E-state index >= 15 is 0 Å². The van der Waals surface area contributed by atoms with Gasteiger partial charge in [-0.3, -0.25) is 4.79 Å². The molecule has 1 aromatic rings. The molecule has 24 heavy (non-hydrogen) atoms. The van der Waals surface area contributed by atoms with Gasteiger partial charge in [-0.25, -0.2) is 0 Å². The van der Waals surface area contributed by atoms with Crippen LogP contribution >= 0.6 is 0 Å². The molecule has 0 bridgehead atoms. The summed E-state index contributed by atoms with van der Waals surface area (Å²) in [5, 5.41) is 1.27. The molecule has 4 rings (SSSR count). The molecule has 1 aliphatic carbocycles. The molecule has 2 nitrogen and oxygen atoms in total. The number of nitrogens with zero attached hydrogens (tertiary/aromatic N) is 1. The topological polar surface area (TPSA) is 20.3 Å². The number of rotatable bonds is 3. The average Bonchev–Trinajstić information content (AvgIpc) is 2.79. The smallest absolute Gasteiger partial charge is 0.246 e. The number of carbonyl (C=O) groups is 1. The van der Waals surface area contributed by atoms with Crippen molar-refractivity contribution in [3.05, 3.63) is 46.7 Å². The normalized spacial score (nSPS) is 29.9. The van der Waals surface area contributed by atoms with E-state index < -0.39 is 8.07 Å². The molecule has 3 heteroatoms. The van der Waals surface area contributed by atoms with Gasteiger partial charge in [0.25, 0.3) is 0 Å². The summed E-state index contributed by atoms with van der Waals surface area (Å²) in [6, 6.07) is 10.9. The second-order valence-corrected chi connectivity index (χ2v) is 13.9. The summed E-state index contributed by atoms with van der Waals surface area (Å²) < 4.78 is 0. The van der Waals surface area contributed by atoms with Gasteiger partial charge in [0.15, 0.2) is 0 Å². The number of hydrogen-bond donors (Lipinski definition) is 0. The van der Waals surface area contributed by atoms with Crippen LogP contribution in [0.2, 0.25) is 19.6 Å². The van der Waals surface area contributed by atoms with Gasteiger partial charge < -0.3 is 4.90 Å². The Hall–Kier alpha value is -1.35. The van der Waals surface area contributed by atoms with Crippen LogP contribution in [0.5, 0.6) is 0 Å². The Kier molecular flexibility index (Phi) is 3.75. The molecule has 1 saturated heterocycles. The Morgan fingerprint density at radius 2 is 1.83 bits per heavy atom. The van der Waals surface area contributed by atoms with Gasteiger partial charge in [0.1, 0.15) is 0 Å². The standard InChI is InChI=1S/C21H29NOSi/c1-24(2,3)19-18-13-7-11-17-12-8-14-22(20(19)23)21(17,18)15-16-9-5-4-6-10-16/h4-6,9-10,17H,7-8,11-15H2,1-3H3. The van der Waals surface area contributed by atoms with Crippen LogP contribution in [-0.2, 0) is 11.2 Å². The molecule has 0 aromatic heterocycles. The molecule has 2 unspecified atom stereocenters. The van der Waals surface area contributed by atoms with Crippen molar-refractivity contribution < 1.29 is 4.79 Å². The van der Waals surface area contributed by atoms with E-state index in [9.17, 15) is 4.79 Å². The van der Waals surface area contributed by atoms with Gasteiger partial charge in [0, 0.05) is 11.7 Å². The van der Waals surface area contributed by atoms with Crippen LogP contribution in [0.25, 0.3) is 0 Å². The maximum atomic E-state index is 13.4. The number of benzene rings is 1. The lowest BCUT2D eigenvalue weighted by atomic mass is 9.64. The fourth-order valence-electron chi connectivity index (χ4n) is 5.60. The van der Waals surface area contributed by atoms with E-state index in [1.807, 2.05) is 0 Å². The van der Waals surface area contributed by atoms with Crippen LogP contribution in [0, 0.1) is 5.92 Å². The highest BCUT2D eigenvalue weighted by molar-refractivity contribution is 6.87. The lowest BCUT2D eigenvalue weighted by Crippen LogP contribution is -2.59. The fourth-order valence-corrected chi connectivity index (χ4v) is 7.63. The first-order valence-electron chi connectivity index (χ1n) is 9.54. The summed E-state index contributed by atoms with van der Waals surface area (Å²) in [5.74, 6) is 1.06. The summed E-state index contributed by atoms with van der Waals surface area (Å²) in [4.78, 5) is 15.7. The van der Waals surface area contributed by atoms with Crippen molar-refractivity contribution in [1.82, 2.24) is 4.90 Å². The van der Waals surface area contributed by atoms with Crippen LogP contribution in [0.3, 0.4) is 0 Å². The van der Waals surface area contributed by atoms with E-state index in [2.05, 4.69) is 54.9 Å². The number of amides is 1. The highest BCUT2D eigenvalue weighted by atomic mass is 28.3. The minimum atomic E-state index is -1.63. The van der Waals surface area contributed by atoms with Crippen LogP contribution in [0.15, 0.2) is 41.1 Å². The Labute approximate surface area is 147 Å². The highest BCUT2D eigenvalue weighted by Gasteiger charge is 2.59. The van der Waals surface area contributed by atoms with E-state index in [1.165, 1.54) is 36.4 Å². The summed E-state index contributed by atoms with van der Waals surface area (Å²) in [5.41, 5.74) is 2.94. The Balaban J connectivity index is 1.89. The van der Waals surface area contributed by atoms with E-state index in [-0.39, 0.29) is 5.54 Å². The maximum Gasteiger partial charge on any atom is 0.246 e. The third-order valence-corrected chi connectivity index (χ3v) is 8.44. The predicted octanol–water partition coefficient (Wildman–Crippen LogP) is 4.58. The van der Waals surface area contributed by atoms with Gasteiger partial charge >= 0.3 is 0 Å². The van der Waals surface area contributed by atoms with Gasteiger partial charge in [0.05, 0.1) is 13.6 Å². The van der Waals surface area contributed by atoms with Crippen molar-refractivity contribution >= 4 is 14.0 Å². The van der Waals surface area contributed by atoms with Crippen molar-refractivity contribution in [2.75, 3.05) is 6.54 Å². The van der Waals surface area contributed by atoms with E-state index in [0.717, 1.165) is 19.4 Å². The van der Waals surface area contributed by atoms with Crippen LogP contribution in [-0.4, -0.2) is 31.0 Å². The third kappa shape index (κ3) is 2.24. The van der Waals surface area contributed by atoms with Crippen LogP contribution in [0.4, 0.5) is 0 Å². The van der Waals surface area contributed by atoms with Crippen LogP contribution in [0.1, 0.15) is 37.7 Å². The fraction of sp³-hybridized carbons (Fsp3) is 0.571. The zero-order valence-corrected chi connectivity index (χ0v) is 16.3. The molecule has 2 fully saturated rings. The Bertz CT molecular complexity index is 686. The average molecular weight is 340 g/mol. The number of piperidine rings is 1. The first-order chi connectivity index (χ1) is 11.4. The maximum absolute atomic E-state index is 13.4. The van der Waals surface area contributed by atoms with Gasteiger partial charge in [-0.05, 0) is 55.6 Å². The van der Waals surface area contributed by atoms with Crippen molar-refractivity contribution in [1.29, 1.82) is 0 Å². The first kappa shape index (κ1) is 16.1. The number of hydrogen-bond acceptors (Lipinski definition) is 1. The van der Waals surface area contributed by atoms with E-state index in [0.29, 0.717) is 11.8 Å². The summed E-state index contributed by atoms with van der Waals surface area (Å²) >= 11 is 0. The van der Waals surface area contributed by atoms with E-state index in [4.69, 9.17) is 0 Å². The van der Waals surface area contributed by atoms with Crippen molar-refractivity contribution in [3.63, 3.8) is 0 Å². The molecule has 1 aromatic carbocycles. The zero-order chi connectivity index (χ0) is 16.9. The second kappa shape index (κ2) is 5.59. The minimum Gasteiger partial charge on any atom is -0.329 e. The van der Waals surface area contributed by atoms with Gasteiger partial charge in [-0.2, -0.15) is 0 Å². The van der Waals surface area contributed by atoms with Gasteiger partial charge in [0.2, 0.25) is 5.91 Å². The Morgan fingerprint density at radius 3 is 2.54 bits per heavy atom. The highest BCUT2D eigenvalue weighted by Crippen LogP contribution is 2.55. The molecule has 2 atom stereocenters.